The number of nitrogens with zero attached hydrogens (tertiary/aromatic N) is 5. The van der Waals surface area contributed by atoms with Gasteiger partial charge in [-0.25, -0.2) is 4.68 Å². The summed E-state index contributed by atoms with van der Waals surface area (Å²) in [4.78, 5) is 2.20. The van der Waals surface area contributed by atoms with Crippen LogP contribution in [0, 0.1) is 0 Å². The maximum atomic E-state index is 9.42. The highest BCUT2D eigenvalue weighted by Crippen LogP contribution is 2.34. The number of rotatable bonds is 3. The lowest BCUT2D eigenvalue weighted by Crippen LogP contribution is -2.23. The molecule has 6 heteroatoms. The molecule has 1 unspecified atom stereocenters. The van der Waals surface area contributed by atoms with Gasteiger partial charge < -0.3 is 5.11 Å². The Balaban J connectivity index is 1.68. The number of likely N-dealkylation sites (tertiary alicyclic amines) is 1. The zero-order valence-corrected chi connectivity index (χ0v) is 8.58. The SMILES string of the molecule is OC1CCN(Cc2nnnn2C2CC2)C1. The molecule has 1 aromatic rings. The van der Waals surface area contributed by atoms with Crippen molar-refractivity contribution in [2.45, 2.75) is 38.0 Å². The average Bonchev–Trinajstić information content (AvgIpc) is 2.83. The molecule has 6 nitrogen and oxygen atoms in total. The standard InChI is InChI=1S/C9H15N5O/c15-8-3-4-13(5-8)6-9-10-11-12-14(9)7-1-2-7/h7-8,15H,1-6H2. The van der Waals surface area contributed by atoms with E-state index in [2.05, 4.69) is 20.4 Å². The Morgan fingerprint density at radius 1 is 1.33 bits per heavy atom. The molecule has 1 aromatic heterocycles. The first-order valence-corrected chi connectivity index (χ1v) is 5.50. The summed E-state index contributed by atoms with van der Waals surface area (Å²) in [6.07, 6.45) is 3.09. The van der Waals surface area contributed by atoms with E-state index in [-0.39, 0.29) is 6.10 Å². The third kappa shape index (κ3) is 1.87. The van der Waals surface area contributed by atoms with E-state index in [1.54, 1.807) is 0 Å². The van der Waals surface area contributed by atoms with Crippen molar-refractivity contribution in [3.05, 3.63) is 5.82 Å². The van der Waals surface area contributed by atoms with Crippen LogP contribution < -0.4 is 0 Å². The molecule has 3 rings (SSSR count). The highest BCUT2D eigenvalue weighted by molar-refractivity contribution is 4.91. The normalized spacial score (nSPS) is 27.4. The monoisotopic (exact) mass is 209 g/mol. The second kappa shape index (κ2) is 3.53. The molecule has 0 aromatic carbocycles. The zero-order valence-electron chi connectivity index (χ0n) is 8.58. The van der Waals surface area contributed by atoms with Gasteiger partial charge in [-0.3, -0.25) is 4.90 Å². The maximum absolute atomic E-state index is 9.42. The number of aliphatic hydroxyl groups excluding tert-OH is 1. The highest BCUT2D eigenvalue weighted by atomic mass is 16.3. The molecule has 1 saturated carbocycles. The van der Waals surface area contributed by atoms with Crippen molar-refractivity contribution in [3.8, 4) is 0 Å². The molecule has 1 aliphatic carbocycles. The lowest BCUT2D eigenvalue weighted by Gasteiger charge is -2.13. The van der Waals surface area contributed by atoms with Crippen molar-refractivity contribution in [2.24, 2.45) is 0 Å². The fraction of sp³-hybridized carbons (Fsp3) is 0.889. The van der Waals surface area contributed by atoms with Crippen LogP contribution in [0.1, 0.15) is 31.1 Å². The Hall–Kier alpha value is -1.01. The first-order valence-electron chi connectivity index (χ1n) is 5.50. The van der Waals surface area contributed by atoms with Crippen LogP contribution >= 0.6 is 0 Å². The first-order chi connectivity index (χ1) is 7.33. The van der Waals surface area contributed by atoms with E-state index in [1.165, 1.54) is 12.8 Å². The van der Waals surface area contributed by atoms with Gasteiger partial charge in [0, 0.05) is 13.1 Å². The largest absolute Gasteiger partial charge is 0.392 e. The number of β-amino-alcohol motifs (C(OH)–C–C–N with tert-alkyl or cyclic N) is 1. The summed E-state index contributed by atoms with van der Waals surface area (Å²) >= 11 is 0. The van der Waals surface area contributed by atoms with Crippen LogP contribution in [0.4, 0.5) is 0 Å². The topological polar surface area (TPSA) is 67.1 Å². The third-order valence-electron chi connectivity index (χ3n) is 3.07. The number of tetrazole rings is 1. The van der Waals surface area contributed by atoms with Gasteiger partial charge in [-0.15, -0.1) is 5.10 Å². The van der Waals surface area contributed by atoms with Crippen LogP contribution in [0.15, 0.2) is 0 Å². The van der Waals surface area contributed by atoms with Gasteiger partial charge in [0.1, 0.15) is 0 Å². The molecule has 1 atom stereocenters. The van der Waals surface area contributed by atoms with E-state index in [9.17, 15) is 5.11 Å². The number of hydrogen-bond donors (Lipinski definition) is 1. The summed E-state index contributed by atoms with van der Waals surface area (Å²) in [7, 11) is 0. The number of aliphatic hydroxyl groups is 1. The summed E-state index contributed by atoms with van der Waals surface area (Å²) in [6, 6.07) is 0.530. The van der Waals surface area contributed by atoms with Crippen molar-refractivity contribution >= 4 is 0 Å². The van der Waals surface area contributed by atoms with Crippen LogP contribution in [-0.2, 0) is 6.54 Å². The predicted octanol–water partition coefficient (Wildman–Crippen LogP) is -0.425. The Morgan fingerprint density at radius 3 is 2.87 bits per heavy atom. The van der Waals surface area contributed by atoms with E-state index >= 15 is 0 Å². The number of aromatic nitrogens is 4. The molecule has 1 saturated heterocycles. The van der Waals surface area contributed by atoms with Gasteiger partial charge in [0.2, 0.25) is 0 Å². The summed E-state index contributed by atoms with van der Waals surface area (Å²) in [5.74, 6) is 0.937. The van der Waals surface area contributed by atoms with Gasteiger partial charge in [-0.05, 0) is 29.7 Å². The molecule has 0 amide bonds. The fourth-order valence-electron chi connectivity index (χ4n) is 2.07. The second-order valence-electron chi connectivity index (χ2n) is 4.45. The van der Waals surface area contributed by atoms with E-state index in [0.29, 0.717) is 6.04 Å². The lowest BCUT2D eigenvalue weighted by atomic mass is 10.3. The van der Waals surface area contributed by atoms with Crippen molar-refractivity contribution in [1.29, 1.82) is 0 Å². The molecular formula is C9H15N5O. The van der Waals surface area contributed by atoms with E-state index in [4.69, 9.17) is 0 Å². The zero-order chi connectivity index (χ0) is 10.3. The average molecular weight is 209 g/mol. The van der Waals surface area contributed by atoms with Crippen molar-refractivity contribution in [2.75, 3.05) is 13.1 Å². The van der Waals surface area contributed by atoms with Gasteiger partial charge in [-0.1, -0.05) is 0 Å². The van der Waals surface area contributed by atoms with Crippen molar-refractivity contribution < 1.29 is 5.11 Å². The molecule has 2 heterocycles. The van der Waals surface area contributed by atoms with Crippen molar-refractivity contribution in [3.63, 3.8) is 0 Å². The summed E-state index contributed by atoms with van der Waals surface area (Å²) in [5, 5.41) is 21.2. The molecule has 0 spiro atoms. The summed E-state index contributed by atoms with van der Waals surface area (Å²) in [5.41, 5.74) is 0. The van der Waals surface area contributed by atoms with Gasteiger partial charge in [0.15, 0.2) is 5.82 Å². The molecule has 15 heavy (non-hydrogen) atoms. The van der Waals surface area contributed by atoms with Crippen LogP contribution in [0.2, 0.25) is 0 Å². The maximum Gasteiger partial charge on any atom is 0.165 e. The third-order valence-corrected chi connectivity index (χ3v) is 3.07. The summed E-state index contributed by atoms with van der Waals surface area (Å²) in [6.45, 7) is 2.46. The van der Waals surface area contributed by atoms with Crippen LogP contribution in [0.25, 0.3) is 0 Å². The molecule has 82 valence electrons. The van der Waals surface area contributed by atoms with E-state index < -0.39 is 0 Å². The molecular weight excluding hydrogens is 194 g/mol. The number of hydrogen-bond acceptors (Lipinski definition) is 5. The minimum absolute atomic E-state index is 0.171. The Kier molecular flexibility index (Phi) is 2.17. The van der Waals surface area contributed by atoms with Crippen LogP contribution in [0.3, 0.4) is 0 Å². The minimum atomic E-state index is -0.171. The lowest BCUT2D eigenvalue weighted by molar-refractivity contribution is 0.173. The Morgan fingerprint density at radius 2 is 2.20 bits per heavy atom. The van der Waals surface area contributed by atoms with Crippen LogP contribution in [-0.4, -0.2) is 49.4 Å². The fourth-order valence-corrected chi connectivity index (χ4v) is 2.07. The molecule has 2 fully saturated rings. The molecule has 2 aliphatic rings. The smallest absolute Gasteiger partial charge is 0.165 e. The Labute approximate surface area is 87.9 Å². The quantitative estimate of drug-likeness (QED) is 0.732. The minimum Gasteiger partial charge on any atom is -0.392 e. The van der Waals surface area contributed by atoms with E-state index in [0.717, 1.165) is 31.9 Å². The van der Waals surface area contributed by atoms with Gasteiger partial charge in [0.25, 0.3) is 0 Å². The van der Waals surface area contributed by atoms with Crippen molar-refractivity contribution in [1.82, 2.24) is 25.1 Å². The van der Waals surface area contributed by atoms with Gasteiger partial charge in [-0.2, -0.15) is 0 Å². The molecule has 1 aliphatic heterocycles. The first kappa shape index (κ1) is 9.23. The van der Waals surface area contributed by atoms with Gasteiger partial charge >= 0.3 is 0 Å². The highest BCUT2D eigenvalue weighted by Gasteiger charge is 2.29. The van der Waals surface area contributed by atoms with Crippen LogP contribution in [0.5, 0.6) is 0 Å². The summed E-state index contributed by atoms with van der Waals surface area (Å²) < 4.78 is 1.94. The van der Waals surface area contributed by atoms with Gasteiger partial charge in [0.05, 0.1) is 18.7 Å². The van der Waals surface area contributed by atoms with E-state index in [1.807, 2.05) is 4.68 Å². The second-order valence-corrected chi connectivity index (χ2v) is 4.45. The predicted molar refractivity (Wildman–Crippen MR) is 52.0 cm³/mol. The Bertz CT molecular complexity index is 348. The molecule has 0 radical (unpaired) electrons. The molecule has 1 N–H and O–H groups in total. The molecule has 0 bridgehead atoms.